The Kier molecular flexibility index (Phi) is 7.78. The summed E-state index contributed by atoms with van der Waals surface area (Å²) in [6, 6.07) is 18.2. The zero-order chi connectivity index (χ0) is 22.8. The number of nitrogens with zero attached hydrogens (tertiary/aromatic N) is 1. The first-order valence-corrected chi connectivity index (χ1v) is 11.5. The van der Waals surface area contributed by atoms with Crippen molar-refractivity contribution in [3.63, 3.8) is 0 Å². The van der Waals surface area contributed by atoms with Gasteiger partial charge in [-0.15, -0.1) is 11.8 Å². The molecule has 0 spiro atoms. The number of carbonyl (C=O) groups is 1. The van der Waals surface area contributed by atoms with E-state index in [1.165, 1.54) is 12.1 Å². The van der Waals surface area contributed by atoms with Crippen molar-refractivity contribution in [1.82, 2.24) is 4.98 Å². The molecular weight excluding hydrogens is 464 g/mol. The summed E-state index contributed by atoms with van der Waals surface area (Å²) in [5.41, 5.74) is 5.07. The molecule has 0 saturated heterocycles. The summed E-state index contributed by atoms with van der Waals surface area (Å²) in [6.45, 7) is 0.454. The van der Waals surface area contributed by atoms with Crippen LogP contribution < -0.4 is 39.4 Å². The van der Waals surface area contributed by atoms with Gasteiger partial charge in [0, 0.05) is 23.7 Å². The smallest absolute Gasteiger partial charge is 0.550 e. The van der Waals surface area contributed by atoms with Crippen molar-refractivity contribution in [2.24, 2.45) is 0 Å². The minimum absolute atomic E-state index is 0. The van der Waals surface area contributed by atoms with Crippen LogP contribution in [0.1, 0.15) is 39.8 Å². The molecule has 166 valence electrons. The Hall–Kier alpha value is -2.58. The Morgan fingerprint density at radius 2 is 1.97 bits per heavy atom. The summed E-state index contributed by atoms with van der Waals surface area (Å²) in [6.07, 6.45) is 3.60. The maximum absolute atomic E-state index is 13.4. The predicted molar refractivity (Wildman–Crippen MR) is 124 cm³/mol. The molecule has 1 unspecified atom stereocenters. The number of thioether (sulfide) groups is 1. The number of carboxylic acids is 1. The van der Waals surface area contributed by atoms with E-state index < -0.39 is 5.97 Å². The molecule has 0 bridgehead atoms. The van der Waals surface area contributed by atoms with E-state index in [1.807, 2.05) is 42.5 Å². The van der Waals surface area contributed by atoms with Gasteiger partial charge < -0.3 is 19.1 Å². The second-order valence-corrected chi connectivity index (χ2v) is 8.87. The molecule has 3 aromatic carbocycles. The van der Waals surface area contributed by atoms with Crippen molar-refractivity contribution in [3.8, 4) is 5.75 Å². The van der Waals surface area contributed by atoms with Crippen molar-refractivity contribution in [1.29, 1.82) is 0 Å². The van der Waals surface area contributed by atoms with Gasteiger partial charge in [-0.25, -0.2) is 9.37 Å². The second-order valence-electron chi connectivity index (χ2n) is 7.66. The second kappa shape index (κ2) is 10.8. The first kappa shape index (κ1) is 24.5. The van der Waals surface area contributed by atoms with Gasteiger partial charge in [-0.1, -0.05) is 30.3 Å². The summed E-state index contributed by atoms with van der Waals surface area (Å²) in [5.74, 6) is 0.161. The molecule has 0 amide bonds. The fraction of sp³-hybridized carbons (Fsp3) is 0.154. The van der Waals surface area contributed by atoms with Gasteiger partial charge in [-0.05, 0) is 59.2 Å². The molecule has 0 radical (unpaired) electrons. The number of halogens is 1. The Morgan fingerprint density at radius 1 is 1.12 bits per heavy atom. The molecule has 4 aromatic rings. The topological polar surface area (TPSA) is 75.4 Å². The fourth-order valence-electron chi connectivity index (χ4n) is 3.85. The van der Waals surface area contributed by atoms with E-state index in [1.54, 1.807) is 23.9 Å². The summed E-state index contributed by atoms with van der Waals surface area (Å²) >= 11 is 1.56. The van der Waals surface area contributed by atoms with Crippen LogP contribution in [0.5, 0.6) is 5.75 Å². The maximum atomic E-state index is 13.4. The van der Waals surface area contributed by atoms with Crippen molar-refractivity contribution in [2.45, 2.75) is 18.3 Å². The molecule has 2 heterocycles. The molecule has 0 saturated carbocycles. The molecule has 1 atom stereocenters. The van der Waals surface area contributed by atoms with Gasteiger partial charge in [0.05, 0.1) is 5.25 Å². The molecule has 1 aliphatic rings. The third-order valence-corrected chi connectivity index (χ3v) is 6.69. The molecule has 0 aliphatic carbocycles. The Morgan fingerprint density at radius 3 is 2.82 bits per heavy atom. The quantitative estimate of drug-likeness (QED) is 0.391. The van der Waals surface area contributed by atoms with Gasteiger partial charge >= 0.3 is 29.6 Å². The van der Waals surface area contributed by atoms with E-state index >= 15 is 0 Å². The van der Waals surface area contributed by atoms with Gasteiger partial charge in [-0.2, -0.15) is 0 Å². The third-order valence-electron chi connectivity index (χ3n) is 5.41. The minimum Gasteiger partial charge on any atom is -0.550 e. The van der Waals surface area contributed by atoms with Crippen LogP contribution in [0.25, 0.3) is 23.3 Å². The summed E-state index contributed by atoms with van der Waals surface area (Å²) < 4.78 is 25.2. The molecule has 34 heavy (non-hydrogen) atoms. The van der Waals surface area contributed by atoms with Crippen molar-refractivity contribution in [2.75, 3.05) is 5.75 Å². The van der Waals surface area contributed by atoms with Crippen LogP contribution in [0.3, 0.4) is 0 Å². The summed E-state index contributed by atoms with van der Waals surface area (Å²) in [5, 5.41) is 10.9. The SMILES string of the molecule is O=C([O-])CCSC1c2ccccc2COc2ccc(C=Cc3nc4cc(F)ccc4o3)cc21.[Na+]. The molecule has 8 heteroatoms. The Balaban J connectivity index is 0.00000274. The van der Waals surface area contributed by atoms with Crippen LogP contribution in [0.15, 0.2) is 65.1 Å². The average molecular weight is 483 g/mol. The van der Waals surface area contributed by atoms with Crippen LogP contribution in [-0.4, -0.2) is 16.7 Å². The number of aliphatic carboxylic acids is 1. The van der Waals surface area contributed by atoms with Crippen LogP contribution >= 0.6 is 11.8 Å². The van der Waals surface area contributed by atoms with Crippen LogP contribution in [0.2, 0.25) is 0 Å². The summed E-state index contributed by atoms with van der Waals surface area (Å²) in [7, 11) is 0. The Labute approximate surface area is 222 Å². The van der Waals surface area contributed by atoms with E-state index in [0.29, 0.717) is 29.4 Å². The van der Waals surface area contributed by atoms with Crippen LogP contribution in [0, 0.1) is 5.82 Å². The van der Waals surface area contributed by atoms with Crippen molar-refractivity contribution in [3.05, 3.63) is 94.6 Å². The first-order valence-electron chi connectivity index (χ1n) is 10.5. The number of hydrogen-bond acceptors (Lipinski definition) is 6. The number of ether oxygens (including phenoxy) is 1. The largest absolute Gasteiger partial charge is 1.00 e. The van der Waals surface area contributed by atoms with Crippen LogP contribution in [0.4, 0.5) is 4.39 Å². The van der Waals surface area contributed by atoms with Crippen LogP contribution in [-0.2, 0) is 11.4 Å². The van der Waals surface area contributed by atoms with Gasteiger partial charge in [0.1, 0.15) is 23.7 Å². The maximum Gasteiger partial charge on any atom is 1.00 e. The molecule has 0 N–H and O–H groups in total. The molecule has 0 fully saturated rings. The van der Waals surface area contributed by atoms with E-state index in [9.17, 15) is 14.3 Å². The Bertz CT molecular complexity index is 1370. The minimum atomic E-state index is -1.06. The zero-order valence-electron chi connectivity index (χ0n) is 18.5. The number of rotatable bonds is 6. The van der Waals surface area contributed by atoms with E-state index in [4.69, 9.17) is 9.15 Å². The normalized spacial score (nSPS) is 14.7. The summed E-state index contributed by atoms with van der Waals surface area (Å²) in [4.78, 5) is 15.3. The number of carbonyl (C=O) groups excluding carboxylic acids is 1. The van der Waals surface area contributed by atoms with Gasteiger partial charge in [0.2, 0.25) is 5.89 Å². The fourth-order valence-corrected chi connectivity index (χ4v) is 5.14. The number of benzene rings is 3. The number of hydrogen-bond donors (Lipinski definition) is 0. The van der Waals surface area contributed by atoms with E-state index in [0.717, 1.165) is 28.0 Å². The van der Waals surface area contributed by atoms with E-state index in [2.05, 4.69) is 11.1 Å². The van der Waals surface area contributed by atoms with Gasteiger partial charge in [0.15, 0.2) is 5.58 Å². The van der Waals surface area contributed by atoms with Crippen molar-refractivity contribution >= 4 is 41.0 Å². The molecular formula is C26H19FNNaO4S. The van der Waals surface area contributed by atoms with Crippen molar-refractivity contribution < 1.29 is 53.0 Å². The molecule has 1 aliphatic heterocycles. The number of carboxylic acid groups (broad SMARTS) is 1. The number of fused-ring (bicyclic) bond motifs is 3. The molecule has 1 aromatic heterocycles. The number of oxazole rings is 1. The zero-order valence-corrected chi connectivity index (χ0v) is 21.3. The third kappa shape index (κ3) is 5.39. The molecule has 5 nitrogen and oxygen atoms in total. The van der Waals surface area contributed by atoms with Gasteiger partial charge in [0.25, 0.3) is 0 Å². The van der Waals surface area contributed by atoms with E-state index in [-0.39, 0.29) is 47.0 Å². The monoisotopic (exact) mass is 483 g/mol. The average Bonchev–Trinajstić information content (AvgIpc) is 3.14. The van der Waals surface area contributed by atoms with Gasteiger partial charge in [-0.3, -0.25) is 0 Å². The number of aromatic nitrogens is 1. The predicted octanol–water partition coefficient (Wildman–Crippen LogP) is 2.00. The standard InChI is InChI=1S/C26H20FNO4S.Na/c27-18-7-9-23-21(14-18)28-24(32-23)10-6-16-5-8-22-20(13-16)26(33-12-11-25(29)30)19-4-2-1-3-17(19)15-31-22;/h1-10,13-14,26H,11-12,15H2,(H,29,30);/q;+1/p-1. The molecule has 5 rings (SSSR count). The first-order chi connectivity index (χ1) is 16.1.